The molecule has 0 saturated heterocycles. The Bertz CT molecular complexity index is 830. The summed E-state index contributed by atoms with van der Waals surface area (Å²) in [6.07, 6.45) is 3.31. The SMILES string of the molecule is CC(C)NCCC(=O)Nc1sc2c(c1C(=O)Nc1ccc(Br)cc1)CCC2. The maximum atomic E-state index is 12.9. The molecule has 7 heteroatoms. The predicted octanol–water partition coefficient (Wildman–Crippen LogP) is 4.58. The molecule has 2 aromatic rings. The normalized spacial score (nSPS) is 12.9. The fourth-order valence-electron chi connectivity index (χ4n) is 3.12. The van der Waals surface area contributed by atoms with Gasteiger partial charge < -0.3 is 16.0 Å². The molecule has 1 aromatic heterocycles. The molecule has 0 aliphatic heterocycles. The van der Waals surface area contributed by atoms with E-state index in [9.17, 15) is 9.59 Å². The van der Waals surface area contributed by atoms with E-state index in [1.54, 1.807) is 0 Å². The molecule has 3 rings (SSSR count). The lowest BCUT2D eigenvalue weighted by atomic mass is 10.1. The Morgan fingerprint density at radius 3 is 2.59 bits per heavy atom. The average molecular weight is 450 g/mol. The summed E-state index contributed by atoms with van der Waals surface area (Å²) in [6, 6.07) is 7.82. The minimum absolute atomic E-state index is 0.0687. The summed E-state index contributed by atoms with van der Waals surface area (Å²) in [5, 5.41) is 9.82. The van der Waals surface area contributed by atoms with Crippen LogP contribution in [0, 0.1) is 0 Å². The van der Waals surface area contributed by atoms with Crippen LogP contribution in [0.4, 0.5) is 10.7 Å². The van der Waals surface area contributed by atoms with Gasteiger partial charge in [-0.25, -0.2) is 0 Å². The Hall–Kier alpha value is -1.70. The largest absolute Gasteiger partial charge is 0.322 e. The molecular formula is C20H24BrN3O2S. The van der Waals surface area contributed by atoms with Crippen LogP contribution in [-0.2, 0) is 17.6 Å². The predicted molar refractivity (Wildman–Crippen MR) is 115 cm³/mol. The number of halogens is 1. The molecule has 1 aromatic carbocycles. The first-order chi connectivity index (χ1) is 12.9. The van der Waals surface area contributed by atoms with Gasteiger partial charge in [-0.3, -0.25) is 9.59 Å². The lowest BCUT2D eigenvalue weighted by Crippen LogP contribution is -2.27. The van der Waals surface area contributed by atoms with Crippen molar-refractivity contribution in [2.45, 2.75) is 45.6 Å². The second-order valence-electron chi connectivity index (χ2n) is 6.93. The van der Waals surface area contributed by atoms with Gasteiger partial charge in [-0.15, -0.1) is 11.3 Å². The molecule has 0 bridgehead atoms. The van der Waals surface area contributed by atoms with Crippen molar-refractivity contribution < 1.29 is 9.59 Å². The van der Waals surface area contributed by atoms with Gasteiger partial charge >= 0.3 is 0 Å². The van der Waals surface area contributed by atoms with E-state index < -0.39 is 0 Å². The first-order valence-corrected chi connectivity index (χ1v) is 10.8. The van der Waals surface area contributed by atoms with Crippen molar-refractivity contribution in [2.24, 2.45) is 0 Å². The van der Waals surface area contributed by atoms with Crippen LogP contribution in [0.2, 0.25) is 0 Å². The molecule has 0 saturated carbocycles. The van der Waals surface area contributed by atoms with Crippen molar-refractivity contribution in [3.8, 4) is 0 Å². The maximum absolute atomic E-state index is 12.9. The Morgan fingerprint density at radius 1 is 1.15 bits per heavy atom. The van der Waals surface area contributed by atoms with Crippen molar-refractivity contribution in [1.82, 2.24) is 5.32 Å². The summed E-state index contributed by atoms with van der Waals surface area (Å²) in [6.45, 7) is 4.72. The second kappa shape index (κ2) is 8.99. The summed E-state index contributed by atoms with van der Waals surface area (Å²) in [5.41, 5.74) is 2.45. The smallest absolute Gasteiger partial charge is 0.258 e. The minimum atomic E-state index is -0.160. The van der Waals surface area contributed by atoms with Crippen LogP contribution in [0.3, 0.4) is 0 Å². The molecule has 0 atom stereocenters. The van der Waals surface area contributed by atoms with E-state index >= 15 is 0 Å². The standard InChI is InChI=1S/C20H24BrN3O2S/c1-12(2)22-11-10-17(25)24-20-18(15-4-3-5-16(15)27-20)19(26)23-14-8-6-13(21)7-9-14/h6-9,12,22H,3-5,10-11H2,1-2H3,(H,23,26)(H,24,25). The monoisotopic (exact) mass is 449 g/mol. The minimum Gasteiger partial charge on any atom is -0.322 e. The number of carbonyl (C=O) groups is 2. The molecule has 2 amide bonds. The van der Waals surface area contributed by atoms with Gasteiger partial charge in [0.05, 0.1) is 5.56 Å². The van der Waals surface area contributed by atoms with Crippen LogP contribution >= 0.6 is 27.3 Å². The summed E-state index contributed by atoms with van der Waals surface area (Å²) >= 11 is 4.93. The third-order valence-corrected chi connectivity index (χ3v) is 6.14. The first kappa shape index (κ1) is 20.0. The van der Waals surface area contributed by atoms with Gasteiger partial charge in [0, 0.05) is 34.0 Å². The highest BCUT2D eigenvalue weighted by Gasteiger charge is 2.27. The van der Waals surface area contributed by atoms with Crippen LogP contribution < -0.4 is 16.0 Å². The summed E-state index contributed by atoms with van der Waals surface area (Å²) in [7, 11) is 0. The van der Waals surface area contributed by atoms with E-state index in [2.05, 4.69) is 31.9 Å². The van der Waals surface area contributed by atoms with Crippen LogP contribution in [0.1, 0.15) is 47.5 Å². The topological polar surface area (TPSA) is 70.2 Å². The van der Waals surface area contributed by atoms with E-state index in [1.807, 2.05) is 38.1 Å². The zero-order chi connectivity index (χ0) is 19.4. The highest BCUT2D eigenvalue weighted by Crippen LogP contribution is 2.39. The molecule has 1 aliphatic rings. The number of nitrogens with one attached hydrogen (secondary N) is 3. The fourth-order valence-corrected chi connectivity index (χ4v) is 4.69. The first-order valence-electron chi connectivity index (χ1n) is 9.18. The summed E-state index contributed by atoms with van der Waals surface area (Å²) in [5.74, 6) is -0.229. The van der Waals surface area contributed by atoms with Crippen LogP contribution in [-0.4, -0.2) is 24.4 Å². The van der Waals surface area contributed by atoms with Gasteiger partial charge in [0.25, 0.3) is 5.91 Å². The number of anilines is 2. The fraction of sp³-hybridized carbons (Fsp3) is 0.400. The number of amides is 2. The number of carbonyl (C=O) groups excluding carboxylic acids is 2. The second-order valence-corrected chi connectivity index (χ2v) is 8.95. The third-order valence-electron chi connectivity index (χ3n) is 4.41. The van der Waals surface area contributed by atoms with Crippen molar-refractivity contribution in [1.29, 1.82) is 0 Å². The Labute approximate surface area is 172 Å². The molecule has 0 unspecified atom stereocenters. The number of aryl methyl sites for hydroxylation is 1. The molecule has 5 nitrogen and oxygen atoms in total. The van der Waals surface area contributed by atoms with Crippen molar-refractivity contribution >= 4 is 49.8 Å². The number of hydrogen-bond acceptors (Lipinski definition) is 4. The van der Waals surface area contributed by atoms with E-state index in [-0.39, 0.29) is 11.8 Å². The van der Waals surface area contributed by atoms with Gasteiger partial charge in [-0.2, -0.15) is 0 Å². The van der Waals surface area contributed by atoms with Crippen molar-refractivity contribution in [2.75, 3.05) is 17.2 Å². The van der Waals surface area contributed by atoms with Gasteiger partial charge in [0.1, 0.15) is 5.00 Å². The highest BCUT2D eigenvalue weighted by atomic mass is 79.9. The summed E-state index contributed by atoms with van der Waals surface area (Å²) in [4.78, 5) is 26.5. The van der Waals surface area contributed by atoms with Crippen molar-refractivity contribution in [3.05, 3.63) is 44.7 Å². The van der Waals surface area contributed by atoms with E-state index in [1.165, 1.54) is 16.2 Å². The maximum Gasteiger partial charge on any atom is 0.258 e. The van der Waals surface area contributed by atoms with E-state index in [4.69, 9.17) is 0 Å². The number of rotatable bonds is 7. The highest BCUT2D eigenvalue weighted by molar-refractivity contribution is 9.10. The van der Waals surface area contributed by atoms with E-state index in [0.717, 1.165) is 35.0 Å². The van der Waals surface area contributed by atoms with Gasteiger partial charge in [-0.1, -0.05) is 29.8 Å². The number of fused-ring (bicyclic) bond motifs is 1. The molecule has 1 aliphatic carbocycles. The quantitative estimate of drug-likeness (QED) is 0.579. The Kier molecular flexibility index (Phi) is 6.68. The van der Waals surface area contributed by atoms with Gasteiger partial charge in [0.2, 0.25) is 5.91 Å². The molecule has 3 N–H and O–H groups in total. The molecule has 0 radical (unpaired) electrons. The Balaban J connectivity index is 1.74. The zero-order valence-electron chi connectivity index (χ0n) is 15.5. The molecule has 27 heavy (non-hydrogen) atoms. The number of hydrogen-bond donors (Lipinski definition) is 3. The van der Waals surface area contributed by atoms with Gasteiger partial charge in [-0.05, 0) is 49.1 Å². The molecule has 0 fully saturated rings. The van der Waals surface area contributed by atoms with Crippen LogP contribution in [0.15, 0.2) is 28.7 Å². The van der Waals surface area contributed by atoms with Crippen LogP contribution in [0.25, 0.3) is 0 Å². The number of benzene rings is 1. The number of thiophene rings is 1. The third kappa shape index (κ3) is 5.18. The van der Waals surface area contributed by atoms with E-state index in [0.29, 0.717) is 29.6 Å². The molecular weight excluding hydrogens is 426 g/mol. The lowest BCUT2D eigenvalue weighted by molar-refractivity contribution is -0.116. The van der Waals surface area contributed by atoms with Gasteiger partial charge in [0.15, 0.2) is 0 Å². The van der Waals surface area contributed by atoms with Crippen LogP contribution in [0.5, 0.6) is 0 Å². The molecule has 1 heterocycles. The Morgan fingerprint density at radius 2 is 1.89 bits per heavy atom. The lowest BCUT2D eigenvalue weighted by Gasteiger charge is -2.11. The zero-order valence-corrected chi connectivity index (χ0v) is 17.9. The average Bonchev–Trinajstić information content (AvgIpc) is 3.17. The molecule has 144 valence electrons. The molecule has 0 spiro atoms. The van der Waals surface area contributed by atoms with Crippen molar-refractivity contribution in [3.63, 3.8) is 0 Å². The summed E-state index contributed by atoms with van der Waals surface area (Å²) < 4.78 is 0.958.